The van der Waals surface area contributed by atoms with E-state index in [-0.39, 0.29) is 5.41 Å². The summed E-state index contributed by atoms with van der Waals surface area (Å²) in [5, 5.41) is 2.32. The van der Waals surface area contributed by atoms with Crippen LogP contribution in [0, 0.1) is 6.33 Å². The first-order valence-electron chi connectivity index (χ1n) is 25.8. The predicted octanol–water partition coefficient (Wildman–Crippen LogP) is 17.6. The highest BCUT2D eigenvalue weighted by Crippen LogP contribution is 2.52. The molecule has 0 amide bonds. The van der Waals surface area contributed by atoms with Crippen molar-refractivity contribution in [3.8, 4) is 107 Å². The number of hydrogen-bond donors (Lipinski definition) is 0. The Morgan fingerprint density at radius 1 is 0.400 bits per heavy atom. The summed E-state index contributed by atoms with van der Waals surface area (Å²) in [4.78, 5) is 4.91. The fraction of sp³-hybridized carbons (Fsp3) is 0.0571. The van der Waals surface area contributed by atoms with E-state index in [2.05, 4.69) is 265 Å². The molecule has 0 saturated carbocycles. The number of benzene rings is 10. The fourth-order valence-corrected chi connectivity index (χ4v) is 12.0. The Balaban J connectivity index is 0.900. The molecule has 0 fully saturated rings. The Morgan fingerprint density at radius 2 is 0.893 bits per heavy atom. The minimum absolute atomic E-state index is 0.0252. The normalized spacial score (nSPS) is 12.2. The molecule has 0 radical (unpaired) electrons. The van der Waals surface area contributed by atoms with Crippen molar-refractivity contribution in [1.29, 1.82) is 0 Å². The van der Waals surface area contributed by atoms with Gasteiger partial charge >= 0.3 is 0 Å². The van der Waals surface area contributed by atoms with Crippen molar-refractivity contribution in [1.82, 2.24) is 14.1 Å². The van der Waals surface area contributed by atoms with Crippen LogP contribution in [-0.4, -0.2) is 14.1 Å². The molecule has 0 saturated heterocycles. The van der Waals surface area contributed by atoms with Gasteiger partial charge in [0.25, 0.3) is 6.33 Å². The first-order chi connectivity index (χ1) is 36.8. The standard InChI is InChI=1S/C70H48N4O/c1-70(2,3)44-36-37-71-68(38-44)74-65-32-15-13-28-56(65)58-35-34-47(40-67(58)74)75-46-19-16-18-45(39-46)72-43-73-64-31-14-12-29-57(64)63-42-61-54-26-10-7-23-51(54)49-21-5-4-20-48(49)50-22-6-9-25-53(50)60(61)41-62(63)55-27-11-8-24-52(55)59-30-17-33-66(72)69(59)73/h4-42H,1-3H3. The number of para-hydroxylation sites is 3. The number of rotatable bonds is 4. The maximum atomic E-state index is 6.85. The highest BCUT2D eigenvalue weighted by molar-refractivity contribution is 6.10. The summed E-state index contributed by atoms with van der Waals surface area (Å²) in [6.45, 7) is 6.72. The molecule has 354 valence electrons. The van der Waals surface area contributed by atoms with Crippen molar-refractivity contribution in [2.45, 2.75) is 26.2 Å². The Hall–Kier alpha value is -9.58. The molecule has 75 heavy (non-hydrogen) atoms. The maximum Gasteiger partial charge on any atom is 0.269 e. The van der Waals surface area contributed by atoms with Crippen LogP contribution in [0.5, 0.6) is 11.5 Å². The molecule has 0 spiro atoms. The second-order valence-electron chi connectivity index (χ2n) is 20.9. The lowest BCUT2D eigenvalue weighted by Gasteiger charge is -2.25. The molecule has 5 nitrogen and oxygen atoms in total. The van der Waals surface area contributed by atoms with Crippen LogP contribution in [0.4, 0.5) is 0 Å². The molecule has 5 heteroatoms. The topological polar surface area (TPSA) is 35.9 Å². The van der Waals surface area contributed by atoms with Crippen molar-refractivity contribution in [2.75, 3.05) is 0 Å². The number of nitrogens with zero attached hydrogens (tertiary/aromatic N) is 4. The van der Waals surface area contributed by atoms with Crippen LogP contribution in [-0.2, 0) is 5.41 Å². The maximum absolute atomic E-state index is 6.85. The molecule has 4 heterocycles. The van der Waals surface area contributed by atoms with Gasteiger partial charge in [-0.15, -0.1) is 0 Å². The van der Waals surface area contributed by atoms with Gasteiger partial charge in [0.05, 0.1) is 33.4 Å². The highest BCUT2D eigenvalue weighted by Gasteiger charge is 2.29. The van der Waals surface area contributed by atoms with Crippen molar-refractivity contribution in [2.24, 2.45) is 0 Å². The SMILES string of the molecule is CC(C)(C)c1ccnc(-n2c3ccccc3c3ccc(Oc4cccc(-n5[c-][n+]6c7c(cccc75)-c5ccccc5-c5cc7c(cc5-c5ccccc5-6)-c5ccccc5-c5ccccc5-c5ccccc5-7)c4)cc32)c1. The van der Waals surface area contributed by atoms with Crippen LogP contribution < -0.4 is 9.30 Å². The van der Waals surface area contributed by atoms with Crippen molar-refractivity contribution >= 4 is 32.8 Å². The van der Waals surface area contributed by atoms with Gasteiger partial charge in [-0.2, -0.15) is 0 Å². The molecule has 15 rings (SSSR count). The average Bonchev–Trinajstić information content (AvgIpc) is 4.08. The van der Waals surface area contributed by atoms with Crippen LogP contribution in [0.25, 0.3) is 128 Å². The lowest BCUT2D eigenvalue weighted by Crippen LogP contribution is -2.30. The van der Waals surface area contributed by atoms with Gasteiger partial charge in [-0.05, 0) is 156 Å². The van der Waals surface area contributed by atoms with Gasteiger partial charge in [-0.1, -0.05) is 178 Å². The van der Waals surface area contributed by atoms with Crippen LogP contribution in [0.1, 0.15) is 26.3 Å². The second-order valence-corrected chi connectivity index (χ2v) is 20.9. The minimum atomic E-state index is -0.0252. The Labute approximate surface area is 435 Å². The molecule has 10 aromatic carbocycles. The monoisotopic (exact) mass is 960 g/mol. The van der Waals surface area contributed by atoms with E-state index >= 15 is 0 Å². The molecule has 0 N–H and O–H groups in total. The summed E-state index contributed by atoms with van der Waals surface area (Å²) in [5.74, 6) is 2.35. The van der Waals surface area contributed by atoms with Gasteiger partial charge in [0, 0.05) is 23.0 Å². The molecule has 0 atom stereocenters. The largest absolute Gasteiger partial charge is 0.458 e. The zero-order valence-corrected chi connectivity index (χ0v) is 41.7. The zero-order valence-electron chi connectivity index (χ0n) is 41.7. The first kappa shape index (κ1) is 43.0. The number of pyridine rings is 1. The molecule has 0 bridgehead atoms. The minimum Gasteiger partial charge on any atom is -0.458 e. The van der Waals surface area contributed by atoms with Crippen LogP contribution in [0.15, 0.2) is 237 Å². The van der Waals surface area contributed by atoms with E-state index in [9.17, 15) is 0 Å². The van der Waals surface area contributed by atoms with Gasteiger partial charge in [0.1, 0.15) is 17.3 Å². The molecule has 0 unspecified atom stereocenters. The molecular weight excluding hydrogens is 913 g/mol. The number of aromatic nitrogens is 4. The number of fused-ring (bicyclic) bond motifs is 18. The van der Waals surface area contributed by atoms with E-state index < -0.39 is 0 Å². The summed E-state index contributed by atoms with van der Waals surface area (Å²) >= 11 is 0. The van der Waals surface area contributed by atoms with Gasteiger partial charge in [0.2, 0.25) is 0 Å². The zero-order chi connectivity index (χ0) is 49.9. The van der Waals surface area contributed by atoms with Gasteiger partial charge in [0.15, 0.2) is 0 Å². The number of imidazole rings is 1. The number of ether oxygens (including phenoxy) is 1. The van der Waals surface area contributed by atoms with Crippen molar-refractivity contribution in [3.63, 3.8) is 0 Å². The van der Waals surface area contributed by atoms with E-state index in [0.29, 0.717) is 0 Å². The summed E-state index contributed by atoms with van der Waals surface area (Å²) in [5.41, 5.74) is 24.2. The quantitative estimate of drug-likeness (QED) is 0.130. The second kappa shape index (κ2) is 16.5. The van der Waals surface area contributed by atoms with Crippen molar-refractivity contribution in [3.05, 3.63) is 249 Å². The van der Waals surface area contributed by atoms with E-state index in [1.54, 1.807) is 0 Å². The van der Waals surface area contributed by atoms with Crippen LogP contribution >= 0.6 is 0 Å². The molecular formula is C70H48N4O. The van der Waals surface area contributed by atoms with Crippen LogP contribution in [0.3, 0.4) is 0 Å². The first-order valence-corrected chi connectivity index (χ1v) is 25.8. The molecule has 1 aliphatic carbocycles. The Bertz CT molecular complexity index is 4510. The van der Waals surface area contributed by atoms with Gasteiger partial charge in [-0.25, -0.2) is 4.98 Å². The molecule has 2 aliphatic rings. The third kappa shape index (κ3) is 6.71. The number of hydrogen-bond acceptors (Lipinski definition) is 2. The fourth-order valence-electron chi connectivity index (χ4n) is 12.0. The Morgan fingerprint density at radius 3 is 1.53 bits per heavy atom. The van der Waals surface area contributed by atoms with Crippen molar-refractivity contribution < 1.29 is 9.30 Å². The summed E-state index contributed by atoms with van der Waals surface area (Å²) in [6, 6.07) is 83.7. The van der Waals surface area contributed by atoms with E-state index in [1.807, 2.05) is 12.3 Å². The average molecular weight is 961 g/mol. The van der Waals surface area contributed by atoms with Gasteiger partial charge < -0.3 is 4.74 Å². The van der Waals surface area contributed by atoms with E-state index in [4.69, 9.17) is 9.72 Å². The third-order valence-electron chi connectivity index (χ3n) is 15.5. The molecule has 3 aromatic heterocycles. The third-order valence-corrected chi connectivity index (χ3v) is 15.5. The van der Waals surface area contributed by atoms with E-state index in [0.717, 1.165) is 78.4 Å². The summed E-state index contributed by atoms with van der Waals surface area (Å²) < 4.78 is 13.6. The van der Waals surface area contributed by atoms with E-state index in [1.165, 1.54) is 66.6 Å². The lowest BCUT2D eigenvalue weighted by molar-refractivity contribution is -0.571. The lowest BCUT2D eigenvalue weighted by atomic mass is 9.78. The van der Waals surface area contributed by atoms with Crippen LogP contribution in [0.2, 0.25) is 0 Å². The molecule has 13 aromatic rings. The smallest absolute Gasteiger partial charge is 0.269 e. The molecule has 1 aliphatic heterocycles. The predicted molar refractivity (Wildman–Crippen MR) is 306 cm³/mol. The summed E-state index contributed by atoms with van der Waals surface area (Å²) in [7, 11) is 0. The highest BCUT2D eigenvalue weighted by atomic mass is 16.5. The Kier molecular flexibility index (Phi) is 9.45. The van der Waals surface area contributed by atoms with Gasteiger partial charge in [-0.3, -0.25) is 13.7 Å². The summed E-state index contributed by atoms with van der Waals surface area (Å²) in [6.07, 6.45) is 5.84.